The maximum absolute atomic E-state index is 11.8. The number of benzene rings is 1. The number of rotatable bonds is 4. The van der Waals surface area contributed by atoms with Crippen molar-refractivity contribution in [1.82, 2.24) is 0 Å². The Labute approximate surface area is 111 Å². The van der Waals surface area contributed by atoms with E-state index in [0.717, 1.165) is 15.7 Å². The van der Waals surface area contributed by atoms with E-state index in [9.17, 15) is 4.79 Å². The SMILES string of the molecule is Cc1ccc(NC(=O)C(N)CC(C)C)cc1Br. The lowest BCUT2D eigenvalue weighted by Crippen LogP contribution is -2.36. The second-order valence-electron chi connectivity index (χ2n) is 4.69. The summed E-state index contributed by atoms with van der Waals surface area (Å²) in [6, 6.07) is 5.26. The molecular weight excluding hydrogens is 280 g/mol. The van der Waals surface area contributed by atoms with Crippen LogP contribution < -0.4 is 11.1 Å². The minimum absolute atomic E-state index is 0.130. The number of nitrogens with two attached hydrogens (primary N) is 1. The van der Waals surface area contributed by atoms with E-state index in [1.54, 1.807) is 0 Å². The maximum Gasteiger partial charge on any atom is 0.241 e. The summed E-state index contributed by atoms with van der Waals surface area (Å²) in [5.74, 6) is 0.287. The Morgan fingerprint density at radius 3 is 2.65 bits per heavy atom. The van der Waals surface area contributed by atoms with Crippen LogP contribution in [0, 0.1) is 12.8 Å². The number of amides is 1. The van der Waals surface area contributed by atoms with Crippen molar-refractivity contribution < 1.29 is 4.79 Å². The molecule has 0 saturated heterocycles. The lowest BCUT2D eigenvalue weighted by molar-refractivity contribution is -0.117. The first kappa shape index (κ1) is 14.2. The number of hydrogen-bond donors (Lipinski definition) is 2. The summed E-state index contributed by atoms with van der Waals surface area (Å²) in [5.41, 5.74) is 7.71. The smallest absolute Gasteiger partial charge is 0.241 e. The molecule has 0 fully saturated rings. The molecular formula is C13H19BrN2O. The summed E-state index contributed by atoms with van der Waals surface area (Å²) in [6.45, 7) is 6.10. The lowest BCUT2D eigenvalue weighted by atomic mass is 10.0. The Balaban J connectivity index is 2.64. The zero-order chi connectivity index (χ0) is 13.0. The van der Waals surface area contributed by atoms with E-state index in [0.29, 0.717) is 12.3 Å². The second kappa shape index (κ2) is 6.17. The first-order valence-electron chi connectivity index (χ1n) is 5.72. The van der Waals surface area contributed by atoms with Crippen molar-refractivity contribution in [2.75, 3.05) is 5.32 Å². The van der Waals surface area contributed by atoms with Crippen LogP contribution in [0.3, 0.4) is 0 Å². The highest BCUT2D eigenvalue weighted by Crippen LogP contribution is 2.20. The molecule has 1 atom stereocenters. The molecule has 94 valence electrons. The molecule has 1 aromatic carbocycles. The number of halogens is 1. The molecule has 0 saturated carbocycles. The van der Waals surface area contributed by atoms with Crippen LogP contribution >= 0.6 is 15.9 Å². The molecule has 3 nitrogen and oxygen atoms in total. The van der Waals surface area contributed by atoms with Gasteiger partial charge in [-0.3, -0.25) is 4.79 Å². The third-order valence-corrected chi connectivity index (χ3v) is 3.36. The summed E-state index contributed by atoms with van der Waals surface area (Å²) in [5, 5.41) is 2.82. The number of carbonyl (C=O) groups is 1. The highest BCUT2D eigenvalue weighted by Gasteiger charge is 2.15. The zero-order valence-electron chi connectivity index (χ0n) is 10.5. The normalized spacial score (nSPS) is 12.6. The molecule has 1 aromatic rings. The van der Waals surface area contributed by atoms with Gasteiger partial charge in [-0.1, -0.05) is 35.8 Å². The molecule has 3 N–H and O–H groups in total. The van der Waals surface area contributed by atoms with Crippen LogP contribution in [0.4, 0.5) is 5.69 Å². The van der Waals surface area contributed by atoms with Gasteiger partial charge in [0.05, 0.1) is 6.04 Å². The number of nitrogens with one attached hydrogen (secondary N) is 1. The first-order chi connectivity index (χ1) is 7.90. The van der Waals surface area contributed by atoms with Crippen molar-refractivity contribution in [1.29, 1.82) is 0 Å². The van der Waals surface area contributed by atoms with Crippen molar-refractivity contribution in [2.45, 2.75) is 33.2 Å². The van der Waals surface area contributed by atoms with Crippen LogP contribution in [0.15, 0.2) is 22.7 Å². The Hall–Kier alpha value is -0.870. The fourth-order valence-corrected chi connectivity index (χ4v) is 1.90. The minimum atomic E-state index is -0.449. The molecule has 0 radical (unpaired) electrons. The highest BCUT2D eigenvalue weighted by molar-refractivity contribution is 9.10. The highest BCUT2D eigenvalue weighted by atomic mass is 79.9. The zero-order valence-corrected chi connectivity index (χ0v) is 12.0. The van der Waals surface area contributed by atoms with Crippen molar-refractivity contribution in [3.63, 3.8) is 0 Å². The van der Waals surface area contributed by atoms with Gasteiger partial charge in [-0.05, 0) is 37.0 Å². The van der Waals surface area contributed by atoms with E-state index in [-0.39, 0.29) is 5.91 Å². The predicted octanol–water partition coefficient (Wildman–Crippen LogP) is 3.07. The molecule has 1 unspecified atom stereocenters. The summed E-state index contributed by atoms with van der Waals surface area (Å²) < 4.78 is 0.979. The Morgan fingerprint density at radius 2 is 2.12 bits per heavy atom. The number of anilines is 1. The first-order valence-corrected chi connectivity index (χ1v) is 6.52. The van der Waals surface area contributed by atoms with Crippen LogP contribution in [0.5, 0.6) is 0 Å². The van der Waals surface area contributed by atoms with E-state index in [1.807, 2.05) is 25.1 Å². The Bertz CT molecular complexity index is 404. The van der Waals surface area contributed by atoms with Crippen LogP contribution in [0.1, 0.15) is 25.8 Å². The average Bonchev–Trinajstić information content (AvgIpc) is 2.22. The third-order valence-electron chi connectivity index (χ3n) is 2.50. The van der Waals surface area contributed by atoms with Gasteiger partial charge in [-0.25, -0.2) is 0 Å². The fraction of sp³-hybridized carbons (Fsp3) is 0.462. The van der Waals surface area contributed by atoms with Gasteiger partial charge >= 0.3 is 0 Å². The van der Waals surface area contributed by atoms with Gasteiger partial charge in [-0.2, -0.15) is 0 Å². The fourth-order valence-electron chi connectivity index (χ4n) is 1.52. The average molecular weight is 299 g/mol. The summed E-state index contributed by atoms with van der Waals surface area (Å²) in [6.07, 6.45) is 0.693. The summed E-state index contributed by atoms with van der Waals surface area (Å²) in [4.78, 5) is 11.8. The van der Waals surface area contributed by atoms with Crippen LogP contribution in [0.25, 0.3) is 0 Å². The van der Waals surface area contributed by atoms with Gasteiger partial charge in [0, 0.05) is 10.2 Å². The second-order valence-corrected chi connectivity index (χ2v) is 5.54. The van der Waals surface area contributed by atoms with Crippen molar-refractivity contribution in [2.24, 2.45) is 11.7 Å². The van der Waals surface area contributed by atoms with E-state index in [1.165, 1.54) is 0 Å². The summed E-state index contributed by atoms with van der Waals surface area (Å²) in [7, 11) is 0. The minimum Gasteiger partial charge on any atom is -0.325 e. The molecule has 17 heavy (non-hydrogen) atoms. The molecule has 0 aliphatic heterocycles. The van der Waals surface area contributed by atoms with Gasteiger partial charge in [0.15, 0.2) is 0 Å². The monoisotopic (exact) mass is 298 g/mol. The lowest BCUT2D eigenvalue weighted by Gasteiger charge is -2.14. The number of aryl methyl sites for hydroxylation is 1. The van der Waals surface area contributed by atoms with E-state index in [2.05, 4.69) is 35.1 Å². The Kier molecular flexibility index (Phi) is 5.15. The molecule has 0 spiro atoms. The van der Waals surface area contributed by atoms with Gasteiger partial charge in [0.25, 0.3) is 0 Å². The number of hydrogen-bond acceptors (Lipinski definition) is 2. The van der Waals surface area contributed by atoms with Crippen LogP contribution in [0.2, 0.25) is 0 Å². The van der Waals surface area contributed by atoms with Crippen molar-refractivity contribution >= 4 is 27.5 Å². The topological polar surface area (TPSA) is 55.1 Å². The van der Waals surface area contributed by atoms with Crippen LogP contribution in [-0.2, 0) is 4.79 Å². The molecule has 0 aliphatic carbocycles. The molecule has 4 heteroatoms. The Morgan fingerprint density at radius 1 is 1.47 bits per heavy atom. The quantitative estimate of drug-likeness (QED) is 0.897. The van der Waals surface area contributed by atoms with Crippen molar-refractivity contribution in [3.8, 4) is 0 Å². The maximum atomic E-state index is 11.8. The number of carbonyl (C=O) groups excluding carboxylic acids is 1. The van der Waals surface area contributed by atoms with E-state index < -0.39 is 6.04 Å². The van der Waals surface area contributed by atoms with Crippen LogP contribution in [-0.4, -0.2) is 11.9 Å². The van der Waals surface area contributed by atoms with Gasteiger partial charge in [-0.15, -0.1) is 0 Å². The summed E-state index contributed by atoms with van der Waals surface area (Å²) >= 11 is 3.43. The molecule has 1 amide bonds. The van der Waals surface area contributed by atoms with E-state index in [4.69, 9.17) is 5.73 Å². The molecule has 0 aromatic heterocycles. The van der Waals surface area contributed by atoms with Gasteiger partial charge in [0.1, 0.15) is 0 Å². The van der Waals surface area contributed by atoms with Gasteiger partial charge < -0.3 is 11.1 Å². The third kappa shape index (κ3) is 4.48. The van der Waals surface area contributed by atoms with E-state index >= 15 is 0 Å². The van der Waals surface area contributed by atoms with Crippen molar-refractivity contribution in [3.05, 3.63) is 28.2 Å². The molecule has 1 rings (SSSR count). The molecule has 0 aliphatic rings. The largest absolute Gasteiger partial charge is 0.325 e. The molecule has 0 bridgehead atoms. The van der Waals surface area contributed by atoms with Gasteiger partial charge in [0.2, 0.25) is 5.91 Å². The predicted molar refractivity (Wildman–Crippen MR) is 74.9 cm³/mol. The molecule has 0 heterocycles. The standard InChI is InChI=1S/C13H19BrN2O/c1-8(2)6-12(15)13(17)16-10-5-4-9(3)11(14)7-10/h4-5,7-8,12H,6,15H2,1-3H3,(H,16,17).